The van der Waals surface area contributed by atoms with Gasteiger partial charge in [-0.1, -0.05) is 237 Å². The summed E-state index contributed by atoms with van der Waals surface area (Å²) in [6.07, 6.45) is 7.44. The minimum absolute atomic E-state index is 0.622. The molecule has 0 atom stereocenters. The van der Waals surface area contributed by atoms with E-state index in [0.717, 1.165) is 143 Å². The van der Waals surface area contributed by atoms with Crippen LogP contribution in [-0.2, 0) is 0 Å². The lowest BCUT2D eigenvalue weighted by Gasteiger charge is -2.11. The topological polar surface area (TPSA) is 129 Å². The van der Waals surface area contributed by atoms with Crippen LogP contribution in [0.5, 0.6) is 0 Å². The van der Waals surface area contributed by atoms with Gasteiger partial charge in [-0.15, -0.1) is 0 Å². The molecule has 0 aliphatic rings. The van der Waals surface area contributed by atoms with Crippen molar-refractivity contribution in [2.75, 3.05) is 0 Å². The first-order valence-corrected chi connectivity index (χ1v) is 32.5. The molecule has 0 amide bonds. The Morgan fingerprint density at radius 3 is 0.949 bits per heavy atom. The van der Waals surface area contributed by atoms with E-state index in [1.165, 1.54) is 10.8 Å². The van der Waals surface area contributed by atoms with Crippen LogP contribution in [0.2, 0.25) is 0 Å². The zero-order valence-corrected chi connectivity index (χ0v) is 52.6. The van der Waals surface area contributed by atoms with E-state index in [9.17, 15) is 0 Å². The van der Waals surface area contributed by atoms with E-state index >= 15 is 0 Å². The summed E-state index contributed by atoms with van der Waals surface area (Å²) >= 11 is 0. The van der Waals surface area contributed by atoms with Gasteiger partial charge in [0.1, 0.15) is 22.3 Å². The van der Waals surface area contributed by atoms with Crippen molar-refractivity contribution in [2.45, 2.75) is 0 Å². The Kier molecular flexibility index (Phi) is 14.3. The summed E-state index contributed by atoms with van der Waals surface area (Å²) in [6.45, 7) is 0. The van der Waals surface area contributed by atoms with Gasteiger partial charge in [-0.2, -0.15) is 0 Å². The Bertz CT molecular complexity index is 6090. The zero-order valence-electron chi connectivity index (χ0n) is 52.6. The third-order valence-electron chi connectivity index (χ3n) is 18.2. The Labute approximate surface area is 562 Å². The van der Waals surface area contributed by atoms with Crippen LogP contribution in [0.4, 0.5) is 0 Å². The fourth-order valence-corrected chi connectivity index (χ4v) is 13.2. The highest BCUT2D eigenvalue weighted by atomic mass is 16.3. The third-order valence-corrected chi connectivity index (χ3v) is 18.2. The molecule has 98 heavy (non-hydrogen) atoms. The number of benzene rings is 13. The number of rotatable bonds is 10. The molecule has 10 nitrogen and oxygen atoms in total. The summed E-state index contributed by atoms with van der Waals surface area (Å²) in [5, 5.41) is 11.1. The van der Waals surface area contributed by atoms with Crippen molar-refractivity contribution in [1.82, 2.24) is 39.9 Å². The second-order valence-electron chi connectivity index (χ2n) is 24.3. The molecule has 0 aliphatic heterocycles. The monoisotopic (exact) mass is 1250 g/mol. The Morgan fingerprint density at radius 1 is 0.194 bits per heavy atom. The minimum Gasteiger partial charge on any atom is -0.456 e. The Balaban J connectivity index is 0.000000143. The van der Waals surface area contributed by atoms with Crippen LogP contribution < -0.4 is 0 Å². The summed E-state index contributed by atoms with van der Waals surface area (Å²) in [5.41, 5.74) is 17.8. The van der Waals surface area contributed by atoms with Crippen molar-refractivity contribution in [1.29, 1.82) is 0 Å². The largest absolute Gasteiger partial charge is 0.456 e. The maximum absolute atomic E-state index is 6.63. The van der Waals surface area contributed by atoms with Gasteiger partial charge in [0.2, 0.25) is 0 Å². The lowest BCUT2D eigenvalue weighted by Crippen LogP contribution is -2.00. The summed E-state index contributed by atoms with van der Waals surface area (Å²) in [7, 11) is 0. The number of nitrogens with zero attached hydrogens (tertiary/aromatic N) is 8. The molecule has 0 saturated carbocycles. The van der Waals surface area contributed by atoms with E-state index in [-0.39, 0.29) is 0 Å². The normalized spacial score (nSPS) is 11.5. The van der Waals surface area contributed by atoms with Crippen molar-refractivity contribution < 1.29 is 8.83 Å². The number of hydrogen-bond donors (Lipinski definition) is 0. The number of fused-ring (bicyclic) bond motifs is 9. The molecule has 10 heteroatoms. The van der Waals surface area contributed by atoms with Crippen molar-refractivity contribution in [3.63, 3.8) is 0 Å². The first kappa shape index (κ1) is 57.2. The number of hydrogen-bond acceptors (Lipinski definition) is 10. The van der Waals surface area contributed by atoms with Crippen LogP contribution in [0.25, 0.3) is 189 Å². The fourth-order valence-electron chi connectivity index (χ4n) is 13.2. The molecule has 458 valence electrons. The lowest BCUT2D eigenvalue weighted by molar-refractivity contribution is 0.669. The summed E-state index contributed by atoms with van der Waals surface area (Å²) in [4.78, 5) is 38.2. The van der Waals surface area contributed by atoms with Gasteiger partial charge < -0.3 is 8.83 Å². The van der Waals surface area contributed by atoms with Gasteiger partial charge in [-0.3, -0.25) is 9.97 Å². The van der Waals surface area contributed by atoms with Crippen LogP contribution in [-0.4, -0.2) is 39.9 Å². The van der Waals surface area contributed by atoms with Crippen LogP contribution in [0.3, 0.4) is 0 Å². The van der Waals surface area contributed by atoms with Gasteiger partial charge in [0.15, 0.2) is 34.9 Å². The molecule has 19 aromatic rings. The quantitative estimate of drug-likeness (QED) is 0.130. The van der Waals surface area contributed by atoms with Gasteiger partial charge in [-0.25, -0.2) is 29.9 Å². The molecule has 19 rings (SSSR count). The lowest BCUT2D eigenvalue weighted by atomic mass is 9.93. The minimum atomic E-state index is 0.622. The number of pyridine rings is 2. The first-order chi connectivity index (χ1) is 48.5. The number of aromatic nitrogens is 8. The average Bonchev–Trinajstić information content (AvgIpc) is 1.57. The van der Waals surface area contributed by atoms with Gasteiger partial charge in [0.25, 0.3) is 0 Å². The molecule has 13 aromatic carbocycles. The van der Waals surface area contributed by atoms with E-state index in [2.05, 4.69) is 174 Å². The van der Waals surface area contributed by atoms with Crippen molar-refractivity contribution >= 4 is 76.2 Å². The van der Waals surface area contributed by atoms with E-state index < -0.39 is 0 Å². The van der Waals surface area contributed by atoms with Gasteiger partial charge in [0, 0.05) is 90.5 Å². The molecule has 0 fully saturated rings. The maximum atomic E-state index is 6.63. The average molecular weight is 1260 g/mol. The second kappa shape index (κ2) is 24.5. The predicted octanol–water partition coefficient (Wildman–Crippen LogP) is 22.5. The van der Waals surface area contributed by atoms with E-state index in [0.29, 0.717) is 34.9 Å². The molecule has 0 unspecified atom stereocenters. The highest BCUT2D eigenvalue weighted by Gasteiger charge is 2.21. The van der Waals surface area contributed by atoms with Crippen LogP contribution in [0, 0.1) is 0 Å². The highest BCUT2D eigenvalue weighted by Crippen LogP contribution is 2.44. The van der Waals surface area contributed by atoms with Crippen LogP contribution >= 0.6 is 0 Å². The van der Waals surface area contributed by atoms with E-state index in [1.807, 2.05) is 164 Å². The molecule has 0 saturated heterocycles. The summed E-state index contributed by atoms with van der Waals surface area (Å²) in [6, 6.07) is 104. The first-order valence-electron chi connectivity index (χ1n) is 32.5. The second-order valence-corrected chi connectivity index (χ2v) is 24.3. The SMILES string of the molecule is c1ccc(-c2cc(-c3ccc(-c4nc(-c5ccccc5)nc(-c5ccccc5)n4)cc3)c3c(c2)oc2cc4cnccc4cc23)cc1.c1ccc(-c2nc(-c3ccccc3)nc(-c3ccc(-c4cc(-c5ccc6ccccc6c5)cc5oc6cc7ccncc7cc6c45)cc3)n2)cc1. The molecule has 6 aromatic heterocycles. The van der Waals surface area contributed by atoms with Crippen molar-refractivity contribution in [2.24, 2.45) is 0 Å². The van der Waals surface area contributed by atoms with E-state index in [4.69, 9.17) is 38.7 Å². The molecule has 0 spiro atoms. The number of furan rings is 2. The molecule has 0 radical (unpaired) electrons. The van der Waals surface area contributed by atoms with Gasteiger partial charge >= 0.3 is 0 Å². The molecule has 0 aliphatic carbocycles. The molecular formula is C88H54N8O2. The van der Waals surface area contributed by atoms with Gasteiger partial charge in [-0.05, 0) is 133 Å². The Morgan fingerprint density at radius 2 is 0.510 bits per heavy atom. The Hall–Kier alpha value is -13.4. The maximum Gasteiger partial charge on any atom is 0.164 e. The predicted molar refractivity (Wildman–Crippen MR) is 397 cm³/mol. The van der Waals surface area contributed by atoms with Crippen LogP contribution in [0.15, 0.2) is 337 Å². The summed E-state index contributed by atoms with van der Waals surface area (Å²) < 4.78 is 13.2. The molecule has 0 N–H and O–H groups in total. The van der Waals surface area contributed by atoms with Gasteiger partial charge in [0.05, 0.1) is 0 Å². The fraction of sp³-hybridized carbons (Fsp3) is 0. The van der Waals surface area contributed by atoms with Crippen LogP contribution in [0.1, 0.15) is 0 Å². The third kappa shape index (κ3) is 10.9. The molecular weight excluding hydrogens is 1200 g/mol. The smallest absolute Gasteiger partial charge is 0.164 e. The van der Waals surface area contributed by atoms with Crippen molar-refractivity contribution in [3.8, 4) is 113 Å². The highest BCUT2D eigenvalue weighted by molar-refractivity contribution is 6.18. The summed E-state index contributed by atoms with van der Waals surface area (Å²) in [5.74, 6) is 3.81. The standard InChI is InChI=1S/C46H28N4O.C42H26N4O/c1-3-10-31(11-4-1)44-48-45(32-12-5-2-6-13-32)50-46(49-44)33-18-16-30(17-19-33)39-24-37(35-20-15-29-9-7-8-14-34(29)23-35)27-42-43(39)40-25-38-28-47-22-21-36(38)26-41(40)51-42;1-4-10-27(11-5-1)33-23-35(39-36-22-32-20-21-43-26-34(32)25-37(36)47-38(39)24-33)28-16-18-31(19-17-28)42-45-40(29-12-6-2-7-13-29)44-41(46-42)30-14-8-3-9-15-30/h1-28H;1-26H. The zero-order chi connectivity index (χ0) is 64.9. The van der Waals surface area contributed by atoms with Crippen molar-refractivity contribution in [3.05, 3.63) is 328 Å². The van der Waals surface area contributed by atoms with E-state index in [1.54, 1.807) is 0 Å². The molecule has 0 bridgehead atoms. The molecule has 6 heterocycles.